The predicted molar refractivity (Wildman–Crippen MR) is 99.4 cm³/mol. The normalized spacial score (nSPS) is 10.9. The summed E-state index contributed by atoms with van der Waals surface area (Å²) in [5, 5.41) is 3.65. The zero-order chi connectivity index (χ0) is 16.9. The average Bonchev–Trinajstić information content (AvgIpc) is 2.57. The van der Waals surface area contributed by atoms with Crippen molar-refractivity contribution in [3.8, 4) is 0 Å². The molecule has 0 spiro atoms. The fourth-order valence-corrected chi connectivity index (χ4v) is 2.32. The highest BCUT2D eigenvalue weighted by atomic mass is 35.5. The number of hydrogen-bond donors (Lipinski definition) is 2. The summed E-state index contributed by atoms with van der Waals surface area (Å²) in [6.07, 6.45) is 8.72. The molecule has 2 aromatic heterocycles. The van der Waals surface area contributed by atoms with Gasteiger partial charge in [-0.2, -0.15) is 4.98 Å². The highest BCUT2D eigenvalue weighted by Crippen LogP contribution is 2.24. The number of benzene rings is 1. The molecule has 0 aliphatic carbocycles. The number of pyridine rings is 1. The van der Waals surface area contributed by atoms with Crippen molar-refractivity contribution in [2.24, 2.45) is 0 Å². The van der Waals surface area contributed by atoms with Crippen LogP contribution in [0.5, 0.6) is 0 Å². The smallest absolute Gasteiger partial charge is 0.224 e. The van der Waals surface area contributed by atoms with E-state index in [4.69, 9.17) is 28.9 Å². The van der Waals surface area contributed by atoms with E-state index in [9.17, 15) is 0 Å². The second-order valence-electron chi connectivity index (χ2n) is 4.97. The standard InChI is InChI=1S/C17H13Cl2N5/c18-15-10-22-17(19)24-16(15)23-14-3-1-2-11(7-14)4-5-12-6-13(20)9-21-8-12/h1-10H,20H2,(H,22,23,24). The van der Waals surface area contributed by atoms with E-state index in [-0.39, 0.29) is 5.28 Å². The molecule has 0 saturated heterocycles. The third-order valence-electron chi connectivity index (χ3n) is 3.11. The molecule has 0 unspecified atom stereocenters. The summed E-state index contributed by atoms with van der Waals surface area (Å²) in [5.41, 5.74) is 9.11. The molecule has 3 aromatic rings. The summed E-state index contributed by atoms with van der Waals surface area (Å²) >= 11 is 11.9. The van der Waals surface area contributed by atoms with Crippen LogP contribution in [0.4, 0.5) is 17.2 Å². The predicted octanol–water partition coefficient (Wildman–Crippen LogP) is 4.67. The lowest BCUT2D eigenvalue weighted by Crippen LogP contribution is -1.96. The van der Waals surface area contributed by atoms with Gasteiger partial charge >= 0.3 is 0 Å². The number of rotatable bonds is 4. The Morgan fingerprint density at radius 1 is 1.00 bits per heavy atom. The summed E-state index contributed by atoms with van der Waals surface area (Å²) in [5.74, 6) is 0.456. The second-order valence-corrected chi connectivity index (χ2v) is 5.72. The molecule has 0 aliphatic heterocycles. The fraction of sp³-hybridized carbons (Fsp3) is 0. The van der Waals surface area contributed by atoms with Crippen LogP contribution < -0.4 is 11.1 Å². The minimum atomic E-state index is 0.132. The minimum absolute atomic E-state index is 0.132. The van der Waals surface area contributed by atoms with Gasteiger partial charge in [0.1, 0.15) is 5.02 Å². The lowest BCUT2D eigenvalue weighted by molar-refractivity contribution is 1.17. The van der Waals surface area contributed by atoms with Crippen molar-refractivity contribution in [2.75, 3.05) is 11.1 Å². The van der Waals surface area contributed by atoms with Crippen LogP contribution in [0.1, 0.15) is 11.1 Å². The number of halogens is 2. The van der Waals surface area contributed by atoms with E-state index < -0.39 is 0 Å². The van der Waals surface area contributed by atoms with E-state index in [0.717, 1.165) is 16.8 Å². The molecule has 120 valence electrons. The Morgan fingerprint density at radius 3 is 2.67 bits per heavy atom. The van der Waals surface area contributed by atoms with Gasteiger partial charge in [-0.1, -0.05) is 35.9 Å². The fourth-order valence-electron chi connectivity index (χ4n) is 2.05. The van der Waals surface area contributed by atoms with Crippen molar-refractivity contribution in [3.63, 3.8) is 0 Å². The van der Waals surface area contributed by atoms with E-state index in [1.165, 1.54) is 6.20 Å². The molecule has 2 heterocycles. The van der Waals surface area contributed by atoms with Crippen LogP contribution in [-0.4, -0.2) is 15.0 Å². The van der Waals surface area contributed by atoms with Crippen molar-refractivity contribution in [2.45, 2.75) is 0 Å². The zero-order valence-electron chi connectivity index (χ0n) is 12.4. The van der Waals surface area contributed by atoms with Gasteiger partial charge in [-0.05, 0) is 40.9 Å². The first kappa shape index (κ1) is 16.2. The Kier molecular flexibility index (Phi) is 4.93. The molecule has 1 aromatic carbocycles. The lowest BCUT2D eigenvalue weighted by atomic mass is 10.1. The maximum Gasteiger partial charge on any atom is 0.224 e. The average molecular weight is 358 g/mol. The molecule has 0 radical (unpaired) electrons. The first-order chi connectivity index (χ1) is 11.6. The molecule has 0 atom stereocenters. The Balaban J connectivity index is 1.80. The largest absolute Gasteiger partial charge is 0.397 e. The van der Waals surface area contributed by atoms with Gasteiger partial charge in [-0.3, -0.25) is 4.98 Å². The first-order valence-electron chi connectivity index (χ1n) is 7.04. The first-order valence-corrected chi connectivity index (χ1v) is 7.79. The van der Waals surface area contributed by atoms with Gasteiger partial charge in [0.05, 0.1) is 11.9 Å². The number of nitrogens with two attached hydrogens (primary N) is 1. The highest BCUT2D eigenvalue weighted by Gasteiger charge is 2.04. The van der Waals surface area contributed by atoms with Gasteiger partial charge in [-0.25, -0.2) is 4.98 Å². The molecule has 3 rings (SSSR count). The molecule has 0 amide bonds. The zero-order valence-corrected chi connectivity index (χ0v) is 14.0. The maximum atomic E-state index is 6.06. The van der Waals surface area contributed by atoms with Gasteiger partial charge in [0.25, 0.3) is 0 Å². The SMILES string of the molecule is Nc1cncc(C=Cc2cccc(Nc3nc(Cl)ncc3Cl)c2)c1. The molecule has 3 N–H and O–H groups in total. The third kappa shape index (κ3) is 4.22. The van der Waals surface area contributed by atoms with Crippen LogP contribution in [0, 0.1) is 0 Å². The van der Waals surface area contributed by atoms with Crippen molar-refractivity contribution < 1.29 is 0 Å². The monoisotopic (exact) mass is 357 g/mol. The maximum absolute atomic E-state index is 6.06. The van der Waals surface area contributed by atoms with Crippen molar-refractivity contribution in [1.29, 1.82) is 0 Å². The van der Waals surface area contributed by atoms with Gasteiger partial charge in [-0.15, -0.1) is 0 Å². The van der Waals surface area contributed by atoms with Gasteiger partial charge in [0, 0.05) is 18.1 Å². The van der Waals surface area contributed by atoms with Gasteiger partial charge in [0.15, 0.2) is 5.82 Å². The molecular formula is C17H13Cl2N5. The van der Waals surface area contributed by atoms with Crippen molar-refractivity contribution in [3.05, 3.63) is 70.4 Å². The van der Waals surface area contributed by atoms with Gasteiger partial charge in [0.2, 0.25) is 5.28 Å². The molecular weight excluding hydrogens is 345 g/mol. The Labute approximate surface area is 149 Å². The summed E-state index contributed by atoms with van der Waals surface area (Å²) in [4.78, 5) is 12.0. The molecule has 0 fully saturated rings. The summed E-state index contributed by atoms with van der Waals surface area (Å²) in [6, 6.07) is 9.63. The van der Waals surface area contributed by atoms with Crippen LogP contribution >= 0.6 is 23.2 Å². The lowest BCUT2D eigenvalue weighted by Gasteiger charge is -2.08. The number of aromatic nitrogens is 3. The van der Waals surface area contributed by atoms with Gasteiger partial charge < -0.3 is 11.1 Å². The summed E-state index contributed by atoms with van der Waals surface area (Å²) in [6.45, 7) is 0. The molecule has 0 bridgehead atoms. The minimum Gasteiger partial charge on any atom is -0.397 e. The molecule has 0 saturated carbocycles. The number of anilines is 3. The summed E-state index contributed by atoms with van der Waals surface area (Å²) < 4.78 is 0. The number of hydrogen-bond acceptors (Lipinski definition) is 5. The molecule has 7 heteroatoms. The van der Waals surface area contributed by atoms with E-state index in [0.29, 0.717) is 16.5 Å². The van der Waals surface area contributed by atoms with Crippen LogP contribution in [0.2, 0.25) is 10.3 Å². The van der Waals surface area contributed by atoms with Crippen LogP contribution in [0.15, 0.2) is 48.9 Å². The quantitative estimate of drug-likeness (QED) is 0.663. The number of nitrogens with zero attached hydrogens (tertiary/aromatic N) is 3. The van der Waals surface area contributed by atoms with Crippen LogP contribution in [0.25, 0.3) is 12.2 Å². The topological polar surface area (TPSA) is 76.7 Å². The molecule has 0 aliphatic rings. The van der Waals surface area contributed by atoms with E-state index >= 15 is 0 Å². The molecule has 24 heavy (non-hydrogen) atoms. The van der Waals surface area contributed by atoms with Crippen LogP contribution in [-0.2, 0) is 0 Å². The highest BCUT2D eigenvalue weighted by molar-refractivity contribution is 6.33. The second kappa shape index (κ2) is 7.29. The van der Waals surface area contributed by atoms with E-state index in [1.54, 1.807) is 12.4 Å². The Bertz CT molecular complexity index is 896. The molecule has 5 nitrogen and oxygen atoms in total. The van der Waals surface area contributed by atoms with Crippen LogP contribution in [0.3, 0.4) is 0 Å². The third-order valence-corrected chi connectivity index (χ3v) is 3.57. The van der Waals surface area contributed by atoms with E-state index in [2.05, 4.69) is 20.3 Å². The Morgan fingerprint density at radius 2 is 1.83 bits per heavy atom. The van der Waals surface area contributed by atoms with Crippen molar-refractivity contribution in [1.82, 2.24) is 15.0 Å². The van der Waals surface area contributed by atoms with E-state index in [1.807, 2.05) is 42.5 Å². The summed E-state index contributed by atoms with van der Waals surface area (Å²) in [7, 11) is 0. The number of nitrogen functional groups attached to an aromatic ring is 1. The van der Waals surface area contributed by atoms with Crippen molar-refractivity contribution >= 4 is 52.5 Å². The number of nitrogens with one attached hydrogen (secondary N) is 1. The Hall–Kier alpha value is -2.63.